The third-order valence-corrected chi connectivity index (χ3v) is 4.68. The Labute approximate surface area is 193 Å². The first-order chi connectivity index (χ1) is 14.9. The van der Waals surface area contributed by atoms with Crippen molar-refractivity contribution in [2.45, 2.75) is 0 Å². The fourth-order valence-corrected chi connectivity index (χ4v) is 3.07. The number of para-hydroxylation sites is 1. The molecule has 31 heavy (non-hydrogen) atoms. The molecule has 0 radical (unpaired) electrons. The molecule has 3 rings (SSSR count). The van der Waals surface area contributed by atoms with Gasteiger partial charge in [-0.1, -0.05) is 59.1 Å². The van der Waals surface area contributed by atoms with Crippen LogP contribution in [0, 0.1) is 0 Å². The molecule has 0 saturated heterocycles. The van der Waals surface area contributed by atoms with Gasteiger partial charge in [-0.15, -0.1) is 0 Å². The molecule has 0 aliphatic heterocycles. The van der Waals surface area contributed by atoms with Crippen LogP contribution in [0.3, 0.4) is 0 Å². The number of amides is 1. The zero-order valence-corrected chi connectivity index (χ0v) is 18.1. The fraction of sp³-hybridized carbons (Fsp3) is 0.0455. The summed E-state index contributed by atoms with van der Waals surface area (Å²) in [5.41, 5.74) is 3.13. The van der Waals surface area contributed by atoms with E-state index in [1.807, 2.05) is 0 Å². The topological polar surface area (TPSA) is 77.0 Å². The van der Waals surface area contributed by atoms with E-state index in [-0.39, 0.29) is 22.9 Å². The number of rotatable bonds is 7. The van der Waals surface area contributed by atoms with Gasteiger partial charge in [-0.05, 0) is 48.0 Å². The number of halogens is 3. The smallest absolute Gasteiger partial charge is 0.345 e. The van der Waals surface area contributed by atoms with E-state index in [1.54, 1.807) is 54.6 Å². The number of hydrazone groups is 1. The lowest BCUT2D eigenvalue weighted by molar-refractivity contribution is -0.123. The maximum absolute atomic E-state index is 12.3. The van der Waals surface area contributed by atoms with Crippen molar-refractivity contribution in [2.24, 2.45) is 5.10 Å². The third-order valence-electron chi connectivity index (χ3n) is 3.82. The van der Waals surface area contributed by atoms with Crippen LogP contribution < -0.4 is 14.9 Å². The van der Waals surface area contributed by atoms with E-state index in [0.29, 0.717) is 21.4 Å². The number of carbonyl (C=O) groups is 2. The Hall–Kier alpha value is -3.06. The molecule has 3 aromatic rings. The summed E-state index contributed by atoms with van der Waals surface area (Å²) < 4.78 is 10.7. The molecule has 0 unspecified atom stereocenters. The Morgan fingerprint density at radius 2 is 1.74 bits per heavy atom. The minimum Gasteiger partial charge on any atom is -0.482 e. The van der Waals surface area contributed by atoms with Gasteiger partial charge in [0, 0.05) is 5.02 Å². The molecular weight excluding hydrogens is 463 g/mol. The van der Waals surface area contributed by atoms with E-state index in [4.69, 9.17) is 44.3 Å². The molecule has 9 heteroatoms. The summed E-state index contributed by atoms with van der Waals surface area (Å²) >= 11 is 17.8. The quantitative estimate of drug-likeness (QED) is 0.214. The zero-order valence-electron chi connectivity index (χ0n) is 15.8. The Balaban J connectivity index is 1.55. The van der Waals surface area contributed by atoms with Crippen LogP contribution in [0.5, 0.6) is 11.5 Å². The van der Waals surface area contributed by atoms with Crippen LogP contribution >= 0.6 is 34.8 Å². The van der Waals surface area contributed by atoms with Gasteiger partial charge < -0.3 is 9.47 Å². The molecule has 0 fully saturated rings. The lowest BCUT2D eigenvalue weighted by atomic mass is 10.2. The summed E-state index contributed by atoms with van der Waals surface area (Å²) in [6.45, 7) is -0.249. The monoisotopic (exact) mass is 476 g/mol. The first kappa shape index (κ1) is 22.6. The molecule has 0 bridgehead atoms. The minimum absolute atomic E-state index is 0.191. The van der Waals surface area contributed by atoms with Crippen LogP contribution in [0.4, 0.5) is 0 Å². The number of nitrogens with one attached hydrogen (secondary N) is 1. The number of hydrogen-bond donors (Lipinski definition) is 1. The third kappa shape index (κ3) is 6.72. The van der Waals surface area contributed by atoms with E-state index in [9.17, 15) is 9.59 Å². The maximum Gasteiger partial charge on any atom is 0.345 e. The largest absolute Gasteiger partial charge is 0.482 e. The highest BCUT2D eigenvalue weighted by Gasteiger charge is 2.13. The average Bonchev–Trinajstić information content (AvgIpc) is 2.73. The van der Waals surface area contributed by atoms with Crippen LogP contribution in [0.2, 0.25) is 15.1 Å². The van der Waals surface area contributed by atoms with Gasteiger partial charge in [0.05, 0.1) is 21.8 Å². The normalized spacial score (nSPS) is 10.7. The van der Waals surface area contributed by atoms with E-state index in [2.05, 4.69) is 10.5 Å². The van der Waals surface area contributed by atoms with Gasteiger partial charge in [-0.25, -0.2) is 10.2 Å². The fourth-order valence-electron chi connectivity index (χ4n) is 2.39. The summed E-state index contributed by atoms with van der Waals surface area (Å²) in [6, 6.07) is 17.9. The lowest BCUT2D eigenvalue weighted by Crippen LogP contribution is -2.24. The van der Waals surface area contributed by atoms with Gasteiger partial charge in [0.25, 0.3) is 5.91 Å². The molecule has 1 N–H and O–H groups in total. The number of ether oxygens (including phenoxy) is 2. The Morgan fingerprint density at radius 3 is 2.52 bits per heavy atom. The van der Waals surface area contributed by atoms with Crippen molar-refractivity contribution >= 4 is 52.9 Å². The lowest BCUT2D eigenvalue weighted by Gasteiger charge is -2.07. The van der Waals surface area contributed by atoms with Crippen molar-refractivity contribution < 1.29 is 19.1 Å². The highest BCUT2D eigenvalue weighted by molar-refractivity contribution is 6.36. The maximum atomic E-state index is 12.3. The molecular formula is C22H15Cl3N2O4. The van der Waals surface area contributed by atoms with Gasteiger partial charge in [0.1, 0.15) is 11.5 Å². The summed E-state index contributed by atoms with van der Waals surface area (Å²) in [7, 11) is 0. The second-order valence-electron chi connectivity index (χ2n) is 6.10. The van der Waals surface area contributed by atoms with Crippen molar-refractivity contribution in [1.29, 1.82) is 0 Å². The number of benzene rings is 3. The standard InChI is InChI=1S/C22H15Cl3N2O4/c23-15-8-9-17(19(25)11-15)22(29)31-16-5-3-4-14(10-16)12-26-27-21(28)13-30-20-7-2-1-6-18(20)24/h1-12H,13H2,(H,27,28). The summed E-state index contributed by atoms with van der Waals surface area (Å²) in [4.78, 5) is 24.2. The van der Waals surface area contributed by atoms with Crippen LogP contribution in [-0.2, 0) is 4.79 Å². The molecule has 3 aromatic carbocycles. The van der Waals surface area contributed by atoms with E-state index < -0.39 is 11.9 Å². The number of nitrogens with zero attached hydrogens (tertiary/aromatic N) is 1. The molecule has 0 aliphatic rings. The molecule has 1 amide bonds. The highest BCUT2D eigenvalue weighted by atomic mass is 35.5. The molecule has 6 nitrogen and oxygen atoms in total. The number of carbonyl (C=O) groups excluding carboxylic acids is 2. The Morgan fingerprint density at radius 1 is 0.935 bits per heavy atom. The predicted molar refractivity (Wildman–Crippen MR) is 121 cm³/mol. The van der Waals surface area contributed by atoms with Crippen molar-refractivity contribution in [2.75, 3.05) is 6.61 Å². The van der Waals surface area contributed by atoms with Crippen molar-refractivity contribution in [3.63, 3.8) is 0 Å². The molecule has 0 aliphatic carbocycles. The first-order valence-corrected chi connectivity index (χ1v) is 10.0. The highest BCUT2D eigenvalue weighted by Crippen LogP contribution is 2.24. The van der Waals surface area contributed by atoms with E-state index in [0.717, 1.165) is 0 Å². The summed E-state index contributed by atoms with van der Waals surface area (Å²) in [5.74, 6) is -0.399. The van der Waals surface area contributed by atoms with Gasteiger partial charge in [-0.3, -0.25) is 4.79 Å². The van der Waals surface area contributed by atoms with Crippen LogP contribution in [-0.4, -0.2) is 24.7 Å². The SMILES string of the molecule is O=C(COc1ccccc1Cl)NN=Cc1cccc(OC(=O)c2ccc(Cl)cc2Cl)c1. The van der Waals surface area contributed by atoms with Gasteiger partial charge >= 0.3 is 5.97 Å². The van der Waals surface area contributed by atoms with Gasteiger partial charge in [-0.2, -0.15) is 5.10 Å². The molecule has 0 atom stereocenters. The summed E-state index contributed by atoms with van der Waals surface area (Å²) in [6.07, 6.45) is 1.40. The predicted octanol–water partition coefficient (Wildman–Crippen LogP) is 5.40. The van der Waals surface area contributed by atoms with Crippen molar-refractivity contribution in [3.8, 4) is 11.5 Å². The van der Waals surface area contributed by atoms with Gasteiger partial charge in [0.2, 0.25) is 0 Å². The Bertz CT molecular complexity index is 1140. The molecule has 0 saturated carbocycles. The molecule has 158 valence electrons. The van der Waals surface area contributed by atoms with Crippen LogP contribution in [0.15, 0.2) is 71.8 Å². The van der Waals surface area contributed by atoms with Crippen molar-refractivity contribution in [1.82, 2.24) is 5.43 Å². The number of esters is 1. The average molecular weight is 478 g/mol. The Kier molecular flexibility index (Phi) is 7.89. The van der Waals surface area contributed by atoms with Crippen molar-refractivity contribution in [3.05, 3.63) is 92.9 Å². The number of hydrogen-bond acceptors (Lipinski definition) is 5. The molecule has 0 aromatic heterocycles. The van der Waals surface area contributed by atoms with E-state index in [1.165, 1.54) is 18.3 Å². The second-order valence-corrected chi connectivity index (χ2v) is 7.35. The zero-order chi connectivity index (χ0) is 22.2. The van der Waals surface area contributed by atoms with Gasteiger partial charge in [0.15, 0.2) is 6.61 Å². The molecule has 0 heterocycles. The second kappa shape index (κ2) is 10.8. The molecule has 0 spiro atoms. The van der Waals surface area contributed by atoms with Crippen LogP contribution in [0.25, 0.3) is 0 Å². The van der Waals surface area contributed by atoms with E-state index >= 15 is 0 Å². The first-order valence-electron chi connectivity index (χ1n) is 8.89. The van der Waals surface area contributed by atoms with Crippen LogP contribution in [0.1, 0.15) is 15.9 Å². The summed E-state index contributed by atoms with van der Waals surface area (Å²) in [5, 5.41) is 4.88. The minimum atomic E-state index is -0.624.